The van der Waals surface area contributed by atoms with Gasteiger partial charge in [0, 0.05) is 6.42 Å². The average Bonchev–Trinajstić information content (AvgIpc) is 2.45. The molecule has 0 radical (unpaired) electrons. The van der Waals surface area contributed by atoms with E-state index in [1.54, 1.807) is 0 Å². The number of rotatable bonds is 3. The van der Waals surface area contributed by atoms with E-state index in [-0.39, 0.29) is 18.8 Å². The molecule has 1 rings (SSSR count). The highest BCUT2D eigenvalue weighted by atomic mass is 79.9. The summed E-state index contributed by atoms with van der Waals surface area (Å²) in [7, 11) is 0. The molecule has 0 saturated carbocycles. The molecule has 0 spiro atoms. The molecule has 0 aromatic heterocycles. The molecule has 1 saturated heterocycles. The van der Waals surface area contributed by atoms with Gasteiger partial charge in [0.05, 0.1) is 12.7 Å². The number of aliphatic hydroxyl groups excluding tert-OH is 1. The summed E-state index contributed by atoms with van der Waals surface area (Å²) in [6.07, 6.45) is 1.09. The first-order valence-electron chi connectivity index (χ1n) is 2.83. The van der Waals surface area contributed by atoms with Gasteiger partial charge in [-0.15, -0.1) is 0 Å². The van der Waals surface area contributed by atoms with Crippen LogP contribution in [0.5, 0.6) is 0 Å². The zero-order valence-corrected chi connectivity index (χ0v) is 6.60. The lowest BCUT2D eigenvalue weighted by Gasteiger charge is -1.87. The number of aliphatic hydroxyl groups is 1. The summed E-state index contributed by atoms with van der Waals surface area (Å²) in [5, 5.41) is 8.52. The Morgan fingerprint density at radius 3 is 2.67 bits per heavy atom. The highest BCUT2D eigenvalue weighted by Crippen LogP contribution is 2.28. The van der Waals surface area contributed by atoms with E-state index in [1.165, 1.54) is 0 Å². The molecule has 9 heavy (non-hydrogen) atoms. The lowest BCUT2D eigenvalue weighted by atomic mass is 10.2. The smallest absolute Gasteiger partial charge is 0.107 e. The molecule has 1 N–H and O–H groups in total. The number of halogens is 1. The molecule has 1 heterocycles. The molecule has 2 atom stereocenters. The van der Waals surface area contributed by atoms with Gasteiger partial charge in [-0.25, -0.2) is 0 Å². The Labute approximate surface area is 62.6 Å². The third-order valence-electron chi connectivity index (χ3n) is 1.29. The fraction of sp³-hybridized carbons (Fsp3) is 0.667. The summed E-state index contributed by atoms with van der Waals surface area (Å²) in [5.74, 6) is 0. The van der Waals surface area contributed by atoms with E-state index in [1.807, 2.05) is 0 Å². The van der Waals surface area contributed by atoms with Crippen LogP contribution in [0.25, 0.3) is 0 Å². The van der Waals surface area contributed by atoms with E-state index in [0.717, 1.165) is 10.9 Å². The minimum Gasteiger partial charge on any atom is -0.394 e. The van der Waals surface area contributed by atoms with Gasteiger partial charge in [0.15, 0.2) is 0 Å². The third-order valence-corrected chi connectivity index (χ3v) is 1.61. The summed E-state index contributed by atoms with van der Waals surface area (Å²) < 4.78 is 5.97. The van der Waals surface area contributed by atoms with Crippen molar-refractivity contribution in [3.8, 4) is 0 Å². The topological polar surface area (TPSA) is 32.8 Å². The minimum absolute atomic E-state index is 0.0688. The van der Waals surface area contributed by atoms with Gasteiger partial charge < -0.3 is 9.84 Å². The van der Waals surface area contributed by atoms with Crippen LogP contribution in [-0.4, -0.2) is 23.9 Å². The molecular formula is C6H9BrO2. The zero-order chi connectivity index (χ0) is 6.85. The van der Waals surface area contributed by atoms with Crippen LogP contribution in [0, 0.1) is 0 Å². The monoisotopic (exact) mass is 192 g/mol. The molecule has 1 fully saturated rings. The fourth-order valence-electron chi connectivity index (χ4n) is 0.738. The molecule has 0 amide bonds. The van der Waals surface area contributed by atoms with Gasteiger partial charge in [-0.3, -0.25) is 0 Å². The van der Waals surface area contributed by atoms with Gasteiger partial charge in [0.1, 0.15) is 6.10 Å². The normalized spacial score (nSPS) is 32.2. The molecule has 0 aromatic carbocycles. The maximum absolute atomic E-state index is 8.52. The van der Waals surface area contributed by atoms with Crippen molar-refractivity contribution >= 4 is 15.9 Å². The van der Waals surface area contributed by atoms with E-state index >= 15 is 0 Å². The average molecular weight is 193 g/mol. The summed E-state index contributed by atoms with van der Waals surface area (Å²) in [4.78, 5) is 0. The van der Waals surface area contributed by atoms with Crippen LogP contribution in [0.2, 0.25) is 0 Å². The van der Waals surface area contributed by atoms with E-state index in [2.05, 4.69) is 22.5 Å². The van der Waals surface area contributed by atoms with Crippen molar-refractivity contribution in [3.05, 3.63) is 11.1 Å². The van der Waals surface area contributed by atoms with E-state index < -0.39 is 0 Å². The molecule has 3 heteroatoms. The second kappa shape index (κ2) is 2.82. The van der Waals surface area contributed by atoms with Gasteiger partial charge >= 0.3 is 0 Å². The molecule has 1 aliphatic rings. The molecule has 0 aromatic rings. The number of epoxide rings is 1. The Hall–Kier alpha value is 0.140. The second-order valence-corrected chi connectivity index (χ2v) is 3.24. The van der Waals surface area contributed by atoms with Crippen LogP contribution in [0.15, 0.2) is 11.1 Å². The number of ether oxygens (including phenoxy) is 1. The minimum atomic E-state index is 0.0688. The van der Waals surface area contributed by atoms with Crippen molar-refractivity contribution in [3.63, 3.8) is 0 Å². The first-order chi connectivity index (χ1) is 4.24. The summed E-state index contributed by atoms with van der Waals surface area (Å²) in [6.45, 7) is 3.79. The fourth-order valence-corrected chi connectivity index (χ4v) is 1.06. The summed E-state index contributed by atoms with van der Waals surface area (Å²) in [6, 6.07) is 0. The first kappa shape index (κ1) is 7.25. The molecule has 0 bridgehead atoms. The predicted octanol–water partition coefficient (Wildman–Crippen LogP) is 1.04. The Balaban J connectivity index is 2.12. The Morgan fingerprint density at radius 2 is 2.33 bits per heavy atom. The van der Waals surface area contributed by atoms with Crippen LogP contribution in [-0.2, 0) is 4.74 Å². The van der Waals surface area contributed by atoms with Crippen molar-refractivity contribution in [1.82, 2.24) is 0 Å². The van der Waals surface area contributed by atoms with Crippen molar-refractivity contribution in [1.29, 1.82) is 0 Å². The molecule has 52 valence electrons. The number of hydrogen-bond acceptors (Lipinski definition) is 2. The Bertz CT molecular complexity index is 124. The largest absolute Gasteiger partial charge is 0.394 e. The maximum atomic E-state index is 8.52. The second-order valence-electron chi connectivity index (χ2n) is 2.12. The molecule has 0 aliphatic carbocycles. The first-order valence-corrected chi connectivity index (χ1v) is 3.63. The van der Waals surface area contributed by atoms with Gasteiger partial charge in [0.2, 0.25) is 0 Å². The number of hydrogen-bond donors (Lipinski definition) is 1. The molecule has 2 nitrogen and oxygen atoms in total. The lowest BCUT2D eigenvalue weighted by molar-refractivity contribution is 0.242. The molecular weight excluding hydrogens is 184 g/mol. The van der Waals surface area contributed by atoms with Crippen LogP contribution < -0.4 is 0 Å². The van der Waals surface area contributed by atoms with Gasteiger partial charge in [-0.2, -0.15) is 0 Å². The van der Waals surface area contributed by atoms with Crippen LogP contribution in [0.3, 0.4) is 0 Å². The van der Waals surface area contributed by atoms with Gasteiger partial charge in [-0.05, 0) is 4.48 Å². The Kier molecular flexibility index (Phi) is 2.27. The SMILES string of the molecule is C=C(Br)C[C@@H]1O[C@H]1CO. The Morgan fingerprint density at radius 1 is 1.67 bits per heavy atom. The van der Waals surface area contributed by atoms with Crippen molar-refractivity contribution in [2.24, 2.45) is 0 Å². The maximum Gasteiger partial charge on any atom is 0.107 e. The molecule has 0 unspecified atom stereocenters. The molecule has 1 aliphatic heterocycles. The van der Waals surface area contributed by atoms with E-state index in [4.69, 9.17) is 9.84 Å². The van der Waals surface area contributed by atoms with Crippen LogP contribution in [0.1, 0.15) is 6.42 Å². The standard InChI is InChI=1S/C6H9BrO2/c1-4(7)2-5-6(3-8)9-5/h5-6,8H,1-3H2/t5-,6-/m0/s1. The van der Waals surface area contributed by atoms with Gasteiger partial charge in [0.25, 0.3) is 0 Å². The van der Waals surface area contributed by atoms with Gasteiger partial charge in [-0.1, -0.05) is 22.5 Å². The van der Waals surface area contributed by atoms with Crippen molar-refractivity contribution in [2.75, 3.05) is 6.61 Å². The van der Waals surface area contributed by atoms with E-state index in [0.29, 0.717) is 0 Å². The summed E-state index contributed by atoms with van der Waals surface area (Å²) in [5.41, 5.74) is 0. The third kappa shape index (κ3) is 2.08. The highest BCUT2D eigenvalue weighted by Gasteiger charge is 2.37. The predicted molar refractivity (Wildman–Crippen MR) is 38.4 cm³/mol. The quantitative estimate of drug-likeness (QED) is 0.679. The van der Waals surface area contributed by atoms with Crippen molar-refractivity contribution < 1.29 is 9.84 Å². The lowest BCUT2D eigenvalue weighted by Crippen LogP contribution is -1.98. The van der Waals surface area contributed by atoms with E-state index in [9.17, 15) is 0 Å². The summed E-state index contributed by atoms with van der Waals surface area (Å²) >= 11 is 3.22. The van der Waals surface area contributed by atoms with Crippen LogP contribution in [0.4, 0.5) is 0 Å². The highest BCUT2D eigenvalue weighted by molar-refractivity contribution is 9.11. The van der Waals surface area contributed by atoms with Crippen molar-refractivity contribution in [2.45, 2.75) is 18.6 Å². The van der Waals surface area contributed by atoms with Crippen LogP contribution >= 0.6 is 15.9 Å². The zero-order valence-electron chi connectivity index (χ0n) is 5.01.